The minimum Gasteiger partial charge on any atom is -0.351 e. The predicted molar refractivity (Wildman–Crippen MR) is 94.4 cm³/mol. The summed E-state index contributed by atoms with van der Waals surface area (Å²) >= 11 is 0. The molecule has 128 valence electrons. The molecule has 1 N–H and O–H groups in total. The minimum atomic E-state index is -3.38. The van der Waals surface area contributed by atoms with E-state index in [0.29, 0.717) is 5.82 Å². The Morgan fingerprint density at radius 2 is 1.71 bits per heavy atom. The lowest BCUT2D eigenvalue weighted by molar-refractivity contribution is 0.249. The fourth-order valence-corrected chi connectivity index (χ4v) is 3.26. The monoisotopic (exact) mass is 347 g/mol. The van der Waals surface area contributed by atoms with Crippen LogP contribution in [0.1, 0.15) is 5.56 Å². The Labute approximate surface area is 142 Å². The van der Waals surface area contributed by atoms with Crippen molar-refractivity contribution >= 4 is 21.7 Å². The van der Waals surface area contributed by atoms with Gasteiger partial charge < -0.3 is 4.90 Å². The van der Waals surface area contributed by atoms with Crippen molar-refractivity contribution < 1.29 is 8.42 Å². The predicted octanol–water partition coefficient (Wildman–Crippen LogP) is 1.17. The van der Waals surface area contributed by atoms with Crippen LogP contribution in [0, 0.1) is 0 Å². The van der Waals surface area contributed by atoms with E-state index in [1.54, 1.807) is 6.20 Å². The second-order valence-corrected chi connectivity index (χ2v) is 7.60. The smallest absolute Gasteiger partial charge is 0.231 e. The van der Waals surface area contributed by atoms with E-state index in [0.717, 1.165) is 39.0 Å². The van der Waals surface area contributed by atoms with Gasteiger partial charge in [-0.3, -0.25) is 9.62 Å². The standard InChI is InChI=1S/C16H21N5O2S/c1-24(22,23)19-15-16(18-8-7-17-15)21-11-9-20(10-12-21)13-14-5-3-2-4-6-14/h2-8H,9-13H2,1H3,(H,17,19). The number of sulfonamides is 1. The second kappa shape index (κ2) is 7.14. The van der Waals surface area contributed by atoms with Crippen molar-refractivity contribution in [3.63, 3.8) is 0 Å². The Hall–Kier alpha value is -2.19. The van der Waals surface area contributed by atoms with Crippen molar-refractivity contribution in [3.05, 3.63) is 48.3 Å². The Morgan fingerprint density at radius 1 is 1.04 bits per heavy atom. The maximum atomic E-state index is 11.5. The van der Waals surface area contributed by atoms with Crippen molar-refractivity contribution in [2.75, 3.05) is 42.1 Å². The van der Waals surface area contributed by atoms with E-state index in [1.807, 2.05) is 18.2 Å². The number of nitrogens with zero attached hydrogens (tertiary/aromatic N) is 4. The Bertz CT molecular complexity index is 774. The van der Waals surface area contributed by atoms with Gasteiger partial charge in [-0.05, 0) is 5.56 Å². The molecule has 2 aromatic rings. The number of hydrogen-bond acceptors (Lipinski definition) is 6. The highest BCUT2D eigenvalue weighted by molar-refractivity contribution is 7.92. The van der Waals surface area contributed by atoms with E-state index in [2.05, 4.69) is 36.6 Å². The average Bonchev–Trinajstić information content (AvgIpc) is 2.56. The fourth-order valence-electron chi connectivity index (χ4n) is 2.77. The molecule has 0 unspecified atom stereocenters. The second-order valence-electron chi connectivity index (χ2n) is 5.85. The number of hydrogen-bond donors (Lipinski definition) is 1. The highest BCUT2D eigenvalue weighted by atomic mass is 32.2. The quantitative estimate of drug-likeness (QED) is 0.875. The van der Waals surface area contributed by atoms with Gasteiger partial charge in [0.2, 0.25) is 10.0 Å². The topological polar surface area (TPSA) is 78.4 Å². The molecule has 3 rings (SSSR count). The van der Waals surface area contributed by atoms with Crippen LogP contribution in [0.2, 0.25) is 0 Å². The first-order valence-electron chi connectivity index (χ1n) is 7.81. The summed E-state index contributed by atoms with van der Waals surface area (Å²) in [5.41, 5.74) is 1.30. The molecule has 0 spiro atoms. The van der Waals surface area contributed by atoms with E-state index >= 15 is 0 Å². The molecule has 0 radical (unpaired) electrons. The SMILES string of the molecule is CS(=O)(=O)Nc1nccnc1N1CCN(Cc2ccccc2)CC1. The summed E-state index contributed by atoms with van der Waals surface area (Å²) in [7, 11) is -3.38. The van der Waals surface area contributed by atoms with Crippen molar-refractivity contribution in [1.82, 2.24) is 14.9 Å². The number of piperazine rings is 1. The van der Waals surface area contributed by atoms with Gasteiger partial charge in [0.05, 0.1) is 6.26 Å². The fraction of sp³-hybridized carbons (Fsp3) is 0.375. The lowest BCUT2D eigenvalue weighted by Gasteiger charge is -2.35. The van der Waals surface area contributed by atoms with Crippen LogP contribution in [0.4, 0.5) is 11.6 Å². The number of rotatable bonds is 5. The maximum absolute atomic E-state index is 11.5. The summed E-state index contributed by atoms with van der Waals surface area (Å²) in [4.78, 5) is 12.9. The van der Waals surface area contributed by atoms with Crippen LogP contribution in [0.15, 0.2) is 42.7 Å². The highest BCUT2D eigenvalue weighted by Crippen LogP contribution is 2.22. The number of benzene rings is 1. The molecule has 1 aromatic heterocycles. The molecule has 0 bridgehead atoms. The minimum absolute atomic E-state index is 0.288. The molecule has 0 saturated carbocycles. The molecule has 1 fully saturated rings. The number of aromatic nitrogens is 2. The summed E-state index contributed by atoms with van der Waals surface area (Å²) in [5.74, 6) is 0.874. The van der Waals surface area contributed by atoms with Crippen LogP contribution in [-0.4, -0.2) is 55.7 Å². The molecular weight excluding hydrogens is 326 g/mol. The third-order valence-electron chi connectivity index (χ3n) is 3.88. The Morgan fingerprint density at radius 3 is 2.38 bits per heavy atom. The molecule has 8 heteroatoms. The van der Waals surface area contributed by atoms with Crippen LogP contribution >= 0.6 is 0 Å². The van der Waals surface area contributed by atoms with Gasteiger partial charge in [-0.2, -0.15) is 0 Å². The third kappa shape index (κ3) is 4.42. The lowest BCUT2D eigenvalue weighted by atomic mass is 10.2. The van der Waals surface area contributed by atoms with Gasteiger partial charge in [-0.25, -0.2) is 18.4 Å². The molecule has 2 heterocycles. The maximum Gasteiger partial charge on any atom is 0.231 e. The molecule has 1 saturated heterocycles. The zero-order valence-corrected chi connectivity index (χ0v) is 14.4. The third-order valence-corrected chi connectivity index (χ3v) is 4.45. The molecule has 24 heavy (non-hydrogen) atoms. The van der Waals surface area contributed by atoms with Crippen molar-refractivity contribution in [1.29, 1.82) is 0 Å². The van der Waals surface area contributed by atoms with Crippen LogP contribution in [0.3, 0.4) is 0 Å². The summed E-state index contributed by atoms with van der Waals surface area (Å²) in [6, 6.07) is 10.4. The van der Waals surface area contributed by atoms with E-state index in [1.165, 1.54) is 11.8 Å². The number of nitrogens with one attached hydrogen (secondary N) is 1. The number of anilines is 2. The van der Waals surface area contributed by atoms with Crippen LogP contribution < -0.4 is 9.62 Å². The van der Waals surface area contributed by atoms with Gasteiger partial charge >= 0.3 is 0 Å². The summed E-state index contributed by atoms with van der Waals surface area (Å²) in [5, 5.41) is 0. The van der Waals surface area contributed by atoms with Gasteiger partial charge in [-0.1, -0.05) is 30.3 Å². The van der Waals surface area contributed by atoms with Gasteiger partial charge in [-0.15, -0.1) is 0 Å². The summed E-state index contributed by atoms with van der Waals surface area (Å²) in [6.07, 6.45) is 4.19. The molecule has 1 aliphatic rings. The van der Waals surface area contributed by atoms with Gasteiger partial charge in [0.15, 0.2) is 11.6 Å². The van der Waals surface area contributed by atoms with E-state index in [9.17, 15) is 8.42 Å². The van der Waals surface area contributed by atoms with Crippen LogP contribution in [0.25, 0.3) is 0 Å². The molecule has 7 nitrogen and oxygen atoms in total. The van der Waals surface area contributed by atoms with Gasteiger partial charge in [0.25, 0.3) is 0 Å². The highest BCUT2D eigenvalue weighted by Gasteiger charge is 2.21. The van der Waals surface area contributed by atoms with E-state index < -0.39 is 10.0 Å². The summed E-state index contributed by atoms with van der Waals surface area (Å²) in [6.45, 7) is 4.27. The first-order chi connectivity index (χ1) is 11.5. The molecule has 1 aromatic carbocycles. The normalized spacial score (nSPS) is 16.1. The lowest BCUT2D eigenvalue weighted by Crippen LogP contribution is -2.46. The van der Waals surface area contributed by atoms with Crippen molar-refractivity contribution in [2.45, 2.75) is 6.54 Å². The molecule has 1 aliphatic heterocycles. The first-order valence-corrected chi connectivity index (χ1v) is 9.70. The van der Waals surface area contributed by atoms with Crippen LogP contribution in [-0.2, 0) is 16.6 Å². The average molecular weight is 347 g/mol. The zero-order valence-electron chi connectivity index (χ0n) is 13.6. The van der Waals surface area contributed by atoms with Gasteiger partial charge in [0, 0.05) is 45.1 Å². The van der Waals surface area contributed by atoms with Crippen molar-refractivity contribution in [2.24, 2.45) is 0 Å². The van der Waals surface area contributed by atoms with Crippen LogP contribution in [0.5, 0.6) is 0 Å². The van der Waals surface area contributed by atoms with E-state index in [4.69, 9.17) is 0 Å². The Balaban J connectivity index is 1.65. The summed E-state index contributed by atoms with van der Waals surface area (Å²) < 4.78 is 25.4. The van der Waals surface area contributed by atoms with E-state index in [-0.39, 0.29) is 5.82 Å². The van der Waals surface area contributed by atoms with Gasteiger partial charge in [0.1, 0.15) is 0 Å². The molecule has 0 amide bonds. The first kappa shape index (κ1) is 16.7. The largest absolute Gasteiger partial charge is 0.351 e. The Kier molecular flexibility index (Phi) is 4.96. The van der Waals surface area contributed by atoms with Crippen molar-refractivity contribution in [3.8, 4) is 0 Å². The zero-order chi connectivity index (χ0) is 17.0. The molecular formula is C16H21N5O2S. The molecule has 0 aliphatic carbocycles. The molecule has 0 atom stereocenters.